The van der Waals surface area contributed by atoms with Gasteiger partial charge in [0.05, 0.1) is 23.7 Å². The zero-order valence-corrected chi connectivity index (χ0v) is 15.3. The summed E-state index contributed by atoms with van der Waals surface area (Å²) in [5.74, 6) is 0.327. The van der Waals surface area contributed by atoms with E-state index in [-0.39, 0.29) is 29.1 Å². The molecule has 3 rings (SSSR count). The van der Waals surface area contributed by atoms with E-state index >= 15 is 0 Å². The Morgan fingerprint density at radius 2 is 2.12 bits per heavy atom. The van der Waals surface area contributed by atoms with Gasteiger partial charge in [0.25, 0.3) is 5.91 Å². The molecule has 1 saturated heterocycles. The van der Waals surface area contributed by atoms with Gasteiger partial charge in [-0.15, -0.1) is 0 Å². The van der Waals surface area contributed by atoms with Gasteiger partial charge in [-0.25, -0.2) is 18.4 Å². The molecule has 1 fully saturated rings. The number of pyridine rings is 1. The van der Waals surface area contributed by atoms with E-state index in [1.165, 1.54) is 12.3 Å². The number of aromatic nitrogens is 3. The van der Waals surface area contributed by atoms with Gasteiger partial charge in [0, 0.05) is 25.0 Å². The Labute approximate surface area is 152 Å². The highest BCUT2D eigenvalue weighted by molar-refractivity contribution is 7.91. The van der Waals surface area contributed by atoms with Crippen molar-refractivity contribution < 1.29 is 13.2 Å². The number of carbonyl (C=O) groups excluding carboxylic acids is 1. The summed E-state index contributed by atoms with van der Waals surface area (Å²) in [7, 11) is -3.01. The second-order valence-corrected chi connectivity index (χ2v) is 8.32. The van der Waals surface area contributed by atoms with Gasteiger partial charge in [0.15, 0.2) is 9.84 Å². The van der Waals surface area contributed by atoms with Gasteiger partial charge >= 0.3 is 0 Å². The minimum atomic E-state index is -3.01. The third-order valence-corrected chi connectivity index (χ3v) is 6.03. The lowest BCUT2D eigenvalue weighted by Crippen LogP contribution is -2.37. The lowest BCUT2D eigenvalue weighted by molar-refractivity contribution is 0.0945. The Balaban J connectivity index is 1.71. The van der Waals surface area contributed by atoms with Gasteiger partial charge in [-0.05, 0) is 31.5 Å². The fourth-order valence-electron chi connectivity index (χ4n) is 2.96. The Hall–Kier alpha value is -2.55. The van der Waals surface area contributed by atoms with Crippen molar-refractivity contribution in [3.63, 3.8) is 0 Å². The van der Waals surface area contributed by atoms with E-state index in [4.69, 9.17) is 0 Å². The molecule has 0 aromatic carbocycles. The van der Waals surface area contributed by atoms with Gasteiger partial charge < -0.3 is 10.2 Å². The quantitative estimate of drug-likeness (QED) is 0.797. The maximum absolute atomic E-state index is 12.4. The Kier molecular flexibility index (Phi) is 5.46. The summed E-state index contributed by atoms with van der Waals surface area (Å²) >= 11 is 0. The molecular weight excluding hydrogens is 354 g/mol. The fraction of sp³-hybridized carbons (Fsp3) is 0.412. The molecule has 0 spiro atoms. The van der Waals surface area contributed by atoms with Crippen LogP contribution in [0.5, 0.6) is 0 Å². The molecule has 2 aromatic rings. The molecule has 9 heteroatoms. The molecule has 0 aliphatic carbocycles. The molecule has 0 radical (unpaired) electrons. The molecule has 138 valence electrons. The molecular formula is C17H21N5O3S. The molecule has 0 saturated carbocycles. The molecule has 8 nitrogen and oxygen atoms in total. The van der Waals surface area contributed by atoms with E-state index in [1.54, 1.807) is 6.20 Å². The molecule has 1 atom stereocenters. The normalized spacial score (nSPS) is 18.4. The third kappa shape index (κ3) is 4.34. The van der Waals surface area contributed by atoms with Crippen LogP contribution in [0.4, 0.5) is 5.95 Å². The van der Waals surface area contributed by atoms with Crippen LogP contribution in [0.2, 0.25) is 0 Å². The first-order valence-electron chi connectivity index (χ1n) is 8.47. The molecule has 2 aromatic heterocycles. The van der Waals surface area contributed by atoms with Crippen LogP contribution in [0.15, 0.2) is 36.7 Å². The van der Waals surface area contributed by atoms with Gasteiger partial charge in [-0.3, -0.25) is 9.78 Å². The second-order valence-electron chi connectivity index (χ2n) is 6.09. The molecule has 1 amide bonds. The largest absolute Gasteiger partial charge is 0.345 e. The molecule has 1 unspecified atom stereocenters. The van der Waals surface area contributed by atoms with Crippen LogP contribution in [0.1, 0.15) is 29.5 Å². The van der Waals surface area contributed by atoms with Crippen LogP contribution < -0.4 is 10.2 Å². The highest BCUT2D eigenvalue weighted by Gasteiger charge is 2.33. The summed E-state index contributed by atoms with van der Waals surface area (Å²) in [6, 6.07) is 6.87. The average molecular weight is 375 g/mol. The zero-order chi connectivity index (χ0) is 18.6. The lowest BCUT2D eigenvalue weighted by Gasteiger charge is -2.26. The maximum Gasteiger partial charge on any atom is 0.270 e. The van der Waals surface area contributed by atoms with E-state index in [1.807, 2.05) is 30.0 Å². The second kappa shape index (κ2) is 7.77. The number of nitrogens with one attached hydrogen (secondary N) is 1. The summed E-state index contributed by atoms with van der Waals surface area (Å²) in [6.07, 6.45) is 3.73. The SMILES string of the molecule is CCN(c1nccc(C(=O)NCc2ccccn2)n1)C1CCS(=O)(=O)C1. The van der Waals surface area contributed by atoms with Crippen molar-refractivity contribution in [2.24, 2.45) is 0 Å². The summed E-state index contributed by atoms with van der Waals surface area (Å²) in [5, 5.41) is 2.78. The van der Waals surface area contributed by atoms with Crippen LogP contribution in [-0.4, -0.2) is 53.4 Å². The molecule has 0 bridgehead atoms. The predicted octanol–water partition coefficient (Wildman–Crippen LogP) is 0.815. The number of hydrogen-bond donors (Lipinski definition) is 1. The number of hydrogen-bond acceptors (Lipinski definition) is 7. The summed E-state index contributed by atoms with van der Waals surface area (Å²) in [5.41, 5.74) is 0.992. The maximum atomic E-state index is 12.4. The van der Waals surface area contributed by atoms with E-state index in [0.717, 1.165) is 5.69 Å². The standard InChI is InChI=1S/C17H21N5O3S/c1-2-22(14-7-10-26(24,25)12-14)17-19-9-6-15(21-17)16(23)20-11-13-5-3-4-8-18-13/h3-6,8-9,14H,2,7,10-12H2,1H3,(H,20,23). The van der Waals surface area contributed by atoms with E-state index < -0.39 is 9.84 Å². The first-order valence-corrected chi connectivity index (χ1v) is 10.3. The van der Waals surface area contributed by atoms with Crippen molar-refractivity contribution in [3.8, 4) is 0 Å². The smallest absolute Gasteiger partial charge is 0.270 e. The van der Waals surface area contributed by atoms with E-state index in [9.17, 15) is 13.2 Å². The molecule has 1 N–H and O–H groups in total. The van der Waals surface area contributed by atoms with Crippen LogP contribution in [0.3, 0.4) is 0 Å². The average Bonchev–Trinajstić information content (AvgIpc) is 3.01. The van der Waals surface area contributed by atoms with E-state index in [2.05, 4.69) is 20.3 Å². The topological polar surface area (TPSA) is 105 Å². The minimum Gasteiger partial charge on any atom is -0.345 e. The van der Waals surface area contributed by atoms with Crippen LogP contribution in [0.25, 0.3) is 0 Å². The van der Waals surface area contributed by atoms with Crippen molar-refractivity contribution in [2.45, 2.75) is 25.9 Å². The number of rotatable bonds is 6. The van der Waals surface area contributed by atoms with Gasteiger partial charge in [-0.2, -0.15) is 0 Å². The van der Waals surface area contributed by atoms with Crippen LogP contribution >= 0.6 is 0 Å². The lowest BCUT2D eigenvalue weighted by atomic mass is 10.2. The number of anilines is 1. The third-order valence-electron chi connectivity index (χ3n) is 4.28. The monoisotopic (exact) mass is 375 g/mol. The van der Waals surface area contributed by atoms with Crippen molar-refractivity contribution in [1.82, 2.24) is 20.3 Å². The summed E-state index contributed by atoms with van der Waals surface area (Å²) < 4.78 is 23.5. The highest BCUT2D eigenvalue weighted by atomic mass is 32.2. The molecule has 1 aliphatic rings. The summed E-state index contributed by atoms with van der Waals surface area (Å²) in [4.78, 5) is 26.9. The first-order chi connectivity index (χ1) is 12.5. The Morgan fingerprint density at radius 3 is 2.77 bits per heavy atom. The van der Waals surface area contributed by atoms with Crippen molar-refractivity contribution in [2.75, 3.05) is 23.0 Å². The molecule has 3 heterocycles. The number of sulfone groups is 1. The van der Waals surface area contributed by atoms with Crippen LogP contribution in [0, 0.1) is 0 Å². The summed E-state index contributed by atoms with van der Waals surface area (Å²) in [6.45, 7) is 2.79. The number of nitrogens with zero attached hydrogens (tertiary/aromatic N) is 4. The Bertz CT molecular complexity index is 873. The molecule has 1 aliphatic heterocycles. The molecule has 26 heavy (non-hydrogen) atoms. The minimum absolute atomic E-state index is 0.0975. The van der Waals surface area contributed by atoms with Crippen molar-refractivity contribution in [3.05, 3.63) is 48.0 Å². The zero-order valence-electron chi connectivity index (χ0n) is 14.5. The predicted molar refractivity (Wildman–Crippen MR) is 97.5 cm³/mol. The number of amides is 1. The fourth-order valence-corrected chi connectivity index (χ4v) is 4.69. The van der Waals surface area contributed by atoms with Gasteiger partial charge in [0.2, 0.25) is 5.95 Å². The van der Waals surface area contributed by atoms with Gasteiger partial charge in [-0.1, -0.05) is 6.07 Å². The van der Waals surface area contributed by atoms with Crippen molar-refractivity contribution >= 4 is 21.7 Å². The highest BCUT2D eigenvalue weighted by Crippen LogP contribution is 2.21. The van der Waals surface area contributed by atoms with E-state index in [0.29, 0.717) is 25.5 Å². The first kappa shape index (κ1) is 18.2. The number of carbonyl (C=O) groups is 1. The Morgan fingerprint density at radius 1 is 1.27 bits per heavy atom. The van der Waals surface area contributed by atoms with Gasteiger partial charge in [0.1, 0.15) is 5.69 Å². The van der Waals surface area contributed by atoms with Crippen LogP contribution in [-0.2, 0) is 16.4 Å². The van der Waals surface area contributed by atoms with Crippen molar-refractivity contribution in [1.29, 1.82) is 0 Å².